The second-order valence-electron chi connectivity index (χ2n) is 8.11. The van der Waals surface area contributed by atoms with Crippen molar-refractivity contribution < 1.29 is 22.7 Å². The highest BCUT2D eigenvalue weighted by Crippen LogP contribution is 2.43. The third-order valence-electron chi connectivity index (χ3n) is 6.08. The number of rotatable bonds is 8. The average molecular weight is 516 g/mol. The molecule has 10 heteroatoms. The summed E-state index contributed by atoms with van der Waals surface area (Å²) >= 11 is 5.94. The molecule has 1 fully saturated rings. The van der Waals surface area contributed by atoms with Crippen LogP contribution in [0.4, 0.5) is 0 Å². The maximum atomic E-state index is 13.4. The highest BCUT2D eigenvalue weighted by molar-refractivity contribution is 7.89. The summed E-state index contributed by atoms with van der Waals surface area (Å²) in [5.74, 6) is -0.378. The van der Waals surface area contributed by atoms with E-state index in [1.165, 1.54) is 42.8 Å². The zero-order chi connectivity index (χ0) is 25.0. The zero-order valence-corrected chi connectivity index (χ0v) is 20.9. The van der Waals surface area contributed by atoms with E-state index in [0.717, 1.165) is 0 Å². The number of carbonyl (C=O) groups excluding carboxylic acids is 1. The minimum Gasteiger partial charge on any atom is -0.493 e. The summed E-state index contributed by atoms with van der Waals surface area (Å²) < 4.78 is 39.2. The molecule has 0 aliphatic carbocycles. The normalized spacial score (nSPS) is 18.3. The number of sulfonamides is 1. The maximum absolute atomic E-state index is 13.4. The number of benzene rings is 2. The Morgan fingerprint density at radius 3 is 2.49 bits per heavy atom. The molecule has 0 spiro atoms. The molecule has 4 rings (SSSR count). The summed E-state index contributed by atoms with van der Waals surface area (Å²) in [6, 6.07) is 16.8. The molecule has 1 aliphatic rings. The Hall–Kier alpha value is -3.14. The molecule has 2 atom stereocenters. The van der Waals surface area contributed by atoms with E-state index in [1.54, 1.807) is 24.4 Å². The van der Waals surface area contributed by atoms with Gasteiger partial charge in [-0.05, 0) is 42.5 Å². The molecule has 0 saturated carbocycles. The van der Waals surface area contributed by atoms with Crippen LogP contribution in [0.2, 0.25) is 5.02 Å². The van der Waals surface area contributed by atoms with Crippen LogP contribution < -0.4 is 14.8 Å². The Balaban J connectivity index is 1.67. The van der Waals surface area contributed by atoms with Crippen molar-refractivity contribution in [2.45, 2.75) is 17.4 Å². The molecule has 184 valence electrons. The highest BCUT2D eigenvalue weighted by Gasteiger charge is 2.44. The van der Waals surface area contributed by atoms with E-state index in [-0.39, 0.29) is 30.4 Å². The molecule has 3 aromatic rings. The summed E-state index contributed by atoms with van der Waals surface area (Å²) in [6.07, 6.45) is 1.65. The van der Waals surface area contributed by atoms with Gasteiger partial charge in [0.1, 0.15) is 0 Å². The molecule has 2 unspecified atom stereocenters. The van der Waals surface area contributed by atoms with E-state index in [4.69, 9.17) is 21.1 Å². The van der Waals surface area contributed by atoms with Gasteiger partial charge in [-0.2, -0.15) is 4.31 Å². The lowest BCUT2D eigenvalue weighted by molar-refractivity contribution is -0.125. The predicted octanol–water partition coefficient (Wildman–Crippen LogP) is 3.47. The first-order chi connectivity index (χ1) is 16.8. The van der Waals surface area contributed by atoms with E-state index in [1.807, 2.05) is 18.2 Å². The van der Waals surface area contributed by atoms with Crippen LogP contribution in [-0.2, 0) is 21.4 Å². The van der Waals surface area contributed by atoms with Crippen LogP contribution in [0.1, 0.15) is 17.2 Å². The van der Waals surface area contributed by atoms with E-state index in [9.17, 15) is 13.2 Å². The lowest BCUT2D eigenvalue weighted by Gasteiger charge is -2.21. The summed E-state index contributed by atoms with van der Waals surface area (Å²) in [6.45, 7) is 0.363. The topological polar surface area (TPSA) is 97.8 Å². The van der Waals surface area contributed by atoms with Crippen molar-refractivity contribution in [1.29, 1.82) is 0 Å². The van der Waals surface area contributed by atoms with Gasteiger partial charge in [-0.3, -0.25) is 9.78 Å². The fourth-order valence-electron chi connectivity index (χ4n) is 4.32. The molecule has 1 saturated heterocycles. The number of ether oxygens (including phenoxy) is 2. The highest BCUT2D eigenvalue weighted by atomic mass is 35.5. The molecule has 35 heavy (non-hydrogen) atoms. The summed E-state index contributed by atoms with van der Waals surface area (Å²) in [7, 11) is -0.800. The minimum absolute atomic E-state index is 0.0179. The van der Waals surface area contributed by atoms with Gasteiger partial charge in [0.25, 0.3) is 0 Å². The van der Waals surface area contributed by atoms with Gasteiger partial charge in [-0.1, -0.05) is 29.8 Å². The average Bonchev–Trinajstić information content (AvgIpc) is 3.34. The van der Waals surface area contributed by atoms with Gasteiger partial charge in [-0.15, -0.1) is 0 Å². The van der Waals surface area contributed by atoms with Crippen LogP contribution in [0.3, 0.4) is 0 Å². The van der Waals surface area contributed by atoms with E-state index < -0.39 is 21.9 Å². The van der Waals surface area contributed by atoms with Crippen molar-refractivity contribution in [1.82, 2.24) is 14.6 Å². The predicted molar refractivity (Wildman–Crippen MR) is 132 cm³/mol. The lowest BCUT2D eigenvalue weighted by atomic mass is 9.87. The van der Waals surface area contributed by atoms with E-state index in [2.05, 4.69) is 10.3 Å². The number of carbonyl (C=O) groups is 1. The number of aromatic nitrogens is 1. The fraction of sp³-hybridized carbons (Fsp3) is 0.280. The van der Waals surface area contributed by atoms with Gasteiger partial charge in [0.15, 0.2) is 11.5 Å². The molecular weight excluding hydrogens is 490 g/mol. The number of amides is 1. The monoisotopic (exact) mass is 515 g/mol. The number of hydrogen-bond donors (Lipinski definition) is 1. The van der Waals surface area contributed by atoms with Crippen LogP contribution >= 0.6 is 11.6 Å². The molecule has 1 aliphatic heterocycles. The van der Waals surface area contributed by atoms with Crippen LogP contribution in [0.5, 0.6) is 11.5 Å². The van der Waals surface area contributed by atoms with Crippen molar-refractivity contribution in [2.75, 3.05) is 27.3 Å². The summed E-state index contributed by atoms with van der Waals surface area (Å²) in [5.41, 5.74) is 1.42. The molecule has 1 amide bonds. The Morgan fingerprint density at radius 1 is 1.06 bits per heavy atom. The Labute approximate surface area is 209 Å². The largest absolute Gasteiger partial charge is 0.493 e. The Morgan fingerprint density at radius 2 is 1.83 bits per heavy atom. The van der Waals surface area contributed by atoms with Gasteiger partial charge in [0, 0.05) is 35.8 Å². The first kappa shape index (κ1) is 25.0. The standard InChI is InChI=1S/C25H26ClN3O5S/c1-33-23-8-5-7-20(24(23)34-2)21-15-29(35(31,32)19-11-9-17(26)10-12-19)16-22(21)25(30)28-14-18-6-3-4-13-27-18/h3-13,21-22H,14-16H2,1-2H3,(H,28,30). The smallest absolute Gasteiger partial charge is 0.243 e. The Bertz CT molecular complexity index is 1290. The molecule has 1 N–H and O–H groups in total. The number of methoxy groups -OCH3 is 2. The third kappa shape index (κ3) is 5.27. The molecule has 0 bridgehead atoms. The fourth-order valence-corrected chi connectivity index (χ4v) is 5.93. The van der Waals surface area contributed by atoms with E-state index >= 15 is 0 Å². The number of nitrogens with one attached hydrogen (secondary N) is 1. The molecule has 1 aromatic heterocycles. The van der Waals surface area contributed by atoms with Gasteiger partial charge >= 0.3 is 0 Å². The van der Waals surface area contributed by atoms with E-state index in [0.29, 0.717) is 27.8 Å². The molecule has 8 nitrogen and oxygen atoms in total. The number of para-hydroxylation sites is 1. The second kappa shape index (κ2) is 10.6. The lowest BCUT2D eigenvalue weighted by Crippen LogP contribution is -2.35. The van der Waals surface area contributed by atoms with Gasteiger partial charge in [-0.25, -0.2) is 8.42 Å². The number of halogens is 1. The minimum atomic E-state index is -3.85. The Kier molecular flexibility index (Phi) is 7.59. The second-order valence-corrected chi connectivity index (χ2v) is 10.5. The number of nitrogens with zero attached hydrogens (tertiary/aromatic N) is 2. The number of pyridine rings is 1. The van der Waals surface area contributed by atoms with Crippen LogP contribution in [0, 0.1) is 5.92 Å². The third-order valence-corrected chi connectivity index (χ3v) is 8.18. The van der Waals surface area contributed by atoms with Crippen LogP contribution in [0.25, 0.3) is 0 Å². The van der Waals surface area contributed by atoms with Gasteiger partial charge < -0.3 is 14.8 Å². The van der Waals surface area contributed by atoms with Crippen molar-refractivity contribution in [2.24, 2.45) is 5.92 Å². The summed E-state index contributed by atoms with van der Waals surface area (Å²) in [5, 5.41) is 3.35. The van der Waals surface area contributed by atoms with Gasteiger partial charge in [0.05, 0.1) is 37.3 Å². The van der Waals surface area contributed by atoms with Crippen molar-refractivity contribution >= 4 is 27.5 Å². The molecule has 2 heterocycles. The first-order valence-corrected chi connectivity index (χ1v) is 12.8. The van der Waals surface area contributed by atoms with Crippen molar-refractivity contribution in [3.63, 3.8) is 0 Å². The first-order valence-electron chi connectivity index (χ1n) is 11.0. The van der Waals surface area contributed by atoms with Gasteiger partial charge in [0.2, 0.25) is 15.9 Å². The van der Waals surface area contributed by atoms with Crippen LogP contribution in [0.15, 0.2) is 71.8 Å². The van der Waals surface area contributed by atoms with Crippen molar-refractivity contribution in [3.8, 4) is 11.5 Å². The summed E-state index contributed by atoms with van der Waals surface area (Å²) in [4.78, 5) is 17.7. The van der Waals surface area contributed by atoms with Crippen LogP contribution in [-0.4, -0.2) is 50.9 Å². The molecule has 0 radical (unpaired) electrons. The molecule has 2 aromatic carbocycles. The maximum Gasteiger partial charge on any atom is 0.243 e. The van der Waals surface area contributed by atoms with Crippen molar-refractivity contribution in [3.05, 3.63) is 83.1 Å². The molecular formula is C25H26ClN3O5S. The quantitative estimate of drug-likeness (QED) is 0.493. The number of hydrogen-bond acceptors (Lipinski definition) is 6. The zero-order valence-electron chi connectivity index (χ0n) is 19.3. The SMILES string of the molecule is COc1cccc(C2CN(S(=O)(=O)c3ccc(Cl)cc3)CC2C(=O)NCc2ccccn2)c1OC.